The number of hydrogen-bond acceptors (Lipinski definition) is 1. The van der Waals surface area contributed by atoms with E-state index in [1.165, 1.54) is 0 Å². The van der Waals surface area contributed by atoms with E-state index in [-0.39, 0.29) is 0 Å². The molecular formula is C7H14F2O. The van der Waals surface area contributed by atoms with Gasteiger partial charge < -0.3 is 5.11 Å². The maximum atomic E-state index is 11.7. The molecule has 0 saturated heterocycles. The van der Waals surface area contributed by atoms with Crippen molar-refractivity contribution in [3.8, 4) is 0 Å². The first-order valence-electron chi connectivity index (χ1n) is 3.66. The number of rotatable bonds is 5. The number of unbranched alkanes of at least 4 members (excludes halogenated alkanes) is 3. The van der Waals surface area contributed by atoms with E-state index in [1.807, 2.05) is 6.92 Å². The van der Waals surface area contributed by atoms with Crippen molar-refractivity contribution in [1.82, 2.24) is 0 Å². The molecule has 0 amide bonds. The minimum atomic E-state index is -3.45. The highest BCUT2D eigenvalue weighted by Crippen LogP contribution is 2.17. The molecule has 0 aliphatic carbocycles. The average Bonchev–Trinajstić information content (AvgIpc) is 1.78. The zero-order chi connectivity index (χ0) is 8.04. The number of aliphatic hydroxyl groups is 1. The predicted octanol–water partition coefficient (Wildman–Crippen LogP) is 2.54. The molecule has 0 saturated carbocycles. The molecule has 0 bridgehead atoms. The normalized spacial score (nSPS) is 12.0. The van der Waals surface area contributed by atoms with Gasteiger partial charge in [-0.2, -0.15) is 8.78 Å². The van der Waals surface area contributed by atoms with E-state index in [4.69, 9.17) is 5.11 Å². The second kappa shape index (κ2) is 4.61. The lowest BCUT2D eigenvalue weighted by Crippen LogP contribution is -2.13. The van der Waals surface area contributed by atoms with Crippen molar-refractivity contribution in [3.63, 3.8) is 0 Å². The molecule has 0 aliphatic heterocycles. The summed E-state index contributed by atoms with van der Waals surface area (Å²) in [5.74, 6) is 0. The van der Waals surface area contributed by atoms with Crippen LogP contribution in [0.5, 0.6) is 0 Å². The van der Waals surface area contributed by atoms with Gasteiger partial charge >= 0.3 is 6.11 Å². The van der Waals surface area contributed by atoms with Crippen molar-refractivity contribution >= 4 is 0 Å². The van der Waals surface area contributed by atoms with Crippen LogP contribution in [0, 0.1) is 0 Å². The molecule has 1 N–H and O–H groups in total. The Labute approximate surface area is 60.1 Å². The topological polar surface area (TPSA) is 20.2 Å². The van der Waals surface area contributed by atoms with E-state index in [0.29, 0.717) is 6.42 Å². The Morgan fingerprint density at radius 3 is 2.20 bits per heavy atom. The molecule has 0 aliphatic rings. The van der Waals surface area contributed by atoms with E-state index in [2.05, 4.69) is 0 Å². The predicted molar refractivity (Wildman–Crippen MR) is 35.9 cm³/mol. The first kappa shape index (κ1) is 9.82. The minimum absolute atomic E-state index is 0.396. The molecule has 10 heavy (non-hydrogen) atoms. The fraction of sp³-hybridized carbons (Fsp3) is 1.00. The Morgan fingerprint density at radius 1 is 1.20 bits per heavy atom. The van der Waals surface area contributed by atoms with Gasteiger partial charge in [-0.25, -0.2) is 0 Å². The van der Waals surface area contributed by atoms with E-state index in [1.54, 1.807) is 0 Å². The van der Waals surface area contributed by atoms with Crippen LogP contribution in [-0.4, -0.2) is 11.2 Å². The second-order valence-electron chi connectivity index (χ2n) is 2.48. The van der Waals surface area contributed by atoms with Gasteiger partial charge in [0.05, 0.1) is 0 Å². The highest BCUT2D eigenvalue weighted by molar-refractivity contribution is 4.49. The molecule has 62 valence electrons. The summed E-state index contributed by atoms with van der Waals surface area (Å²) >= 11 is 0. The summed E-state index contributed by atoms with van der Waals surface area (Å²) in [6.45, 7) is 2.01. The molecule has 0 aromatic carbocycles. The highest BCUT2D eigenvalue weighted by Gasteiger charge is 2.22. The summed E-state index contributed by atoms with van der Waals surface area (Å²) in [6.07, 6.45) is -0.655. The molecule has 0 rings (SSSR count). The van der Waals surface area contributed by atoms with Crippen LogP contribution in [0.3, 0.4) is 0 Å². The summed E-state index contributed by atoms with van der Waals surface area (Å²) in [5, 5.41) is 7.98. The van der Waals surface area contributed by atoms with Gasteiger partial charge in [-0.15, -0.1) is 0 Å². The van der Waals surface area contributed by atoms with Crippen molar-refractivity contribution in [3.05, 3.63) is 0 Å². The van der Waals surface area contributed by atoms with Crippen LogP contribution in [-0.2, 0) is 0 Å². The fourth-order valence-electron chi connectivity index (χ4n) is 0.764. The molecule has 0 fully saturated rings. The molecule has 0 aromatic heterocycles. The molecule has 1 nitrogen and oxygen atoms in total. The largest absolute Gasteiger partial charge is 0.353 e. The minimum Gasteiger partial charge on any atom is -0.336 e. The Balaban J connectivity index is 3.04. The third kappa shape index (κ3) is 7.82. The van der Waals surface area contributed by atoms with Crippen LogP contribution >= 0.6 is 0 Å². The molecule has 0 radical (unpaired) electrons. The first-order chi connectivity index (χ1) is 4.56. The zero-order valence-corrected chi connectivity index (χ0v) is 6.24. The quantitative estimate of drug-likeness (QED) is 0.600. The smallest absolute Gasteiger partial charge is 0.336 e. The third-order valence-corrected chi connectivity index (χ3v) is 1.33. The number of alkyl halides is 2. The van der Waals surface area contributed by atoms with Gasteiger partial charge in [-0.05, 0) is 6.42 Å². The molecule has 0 atom stereocenters. The zero-order valence-electron chi connectivity index (χ0n) is 6.24. The van der Waals surface area contributed by atoms with Crippen molar-refractivity contribution in [2.75, 3.05) is 0 Å². The van der Waals surface area contributed by atoms with Gasteiger partial charge in [0.1, 0.15) is 0 Å². The molecular weight excluding hydrogens is 138 g/mol. The first-order valence-corrected chi connectivity index (χ1v) is 3.66. The number of halogens is 2. The van der Waals surface area contributed by atoms with Gasteiger partial charge in [0.25, 0.3) is 0 Å². The Kier molecular flexibility index (Phi) is 4.52. The lowest BCUT2D eigenvalue weighted by Gasteiger charge is -2.06. The second-order valence-corrected chi connectivity index (χ2v) is 2.48. The van der Waals surface area contributed by atoms with Crippen LogP contribution in [0.2, 0.25) is 0 Å². The van der Waals surface area contributed by atoms with Crippen molar-refractivity contribution in [2.24, 2.45) is 0 Å². The van der Waals surface area contributed by atoms with Gasteiger partial charge in [-0.1, -0.05) is 26.2 Å². The van der Waals surface area contributed by atoms with Crippen molar-refractivity contribution < 1.29 is 13.9 Å². The van der Waals surface area contributed by atoms with Gasteiger partial charge in [0, 0.05) is 6.42 Å². The lowest BCUT2D eigenvalue weighted by atomic mass is 10.1. The van der Waals surface area contributed by atoms with E-state index < -0.39 is 12.5 Å². The van der Waals surface area contributed by atoms with Crippen LogP contribution in [0.25, 0.3) is 0 Å². The third-order valence-electron chi connectivity index (χ3n) is 1.33. The van der Waals surface area contributed by atoms with Gasteiger partial charge in [-0.3, -0.25) is 0 Å². The maximum absolute atomic E-state index is 11.7. The highest BCUT2D eigenvalue weighted by atomic mass is 19.3. The van der Waals surface area contributed by atoms with Gasteiger partial charge in [0.2, 0.25) is 0 Å². The van der Waals surface area contributed by atoms with Crippen LogP contribution in [0.4, 0.5) is 8.78 Å². The fourth-order valence-corrected chi connectivity index (χ4v) is 0.764. The van der Waals surface area contributed by atoms with Crippen molar-refractivity contribution in [2.45, 2.75) is 45.1 Å². The van der Waals surface area contributed by atoms with Crippen LogP contribution in [0.15, 0.2) is 0 Å². The molecule has 0 spiro atoms. The maximum Gasteiger partial charge on any atom is 0.353 e. The van der Waals surface area contributed by atoms with Crippen LogP contribution in [0.1, 0.15) is 39.0 Å². The summed E-state index contributed by atoms with van der Waals surface area (Å²) < 4.78 is 23.4. The summed E-state index contributed by atoms with van der Waals surface area (Å²) in [5.41, 5.74) is 0. The lowest BCUT2D eigenvalue weighted by molar-refractivity contribution is -0.203. The monoisotopic (exact) mass is 152 g/mol. The summed E-state index contributed by atoms with van der Waals surface area (Å²) in [6, 6.07) is 0. The van der Waals surface area contributed by atoms with E-state index in [0.717, 1.165) is 19.3 Å². The summed E-state index contributed by atoms with van der Waals surface area (Å²) in [7, 11) is 0. The Bertz CT molecular complexity index is 78.2. The van der Waals surface area contributed by atoms with Gasteiger partial charge in [0.15, 0.2) is 0 Å². The number of hydrogen-bond donors (Lipinski definition) is 1. The Hall–Kier alpha value is -0.180. The van der Waals surface area contributed by atoms with Crippen molar-refractivity contribution in [1.29, 1.82) is 0 Å². The van der Waals surface area contributed by atoms with E-state index in [9.17, 15) is 8.78 Å². The standard InChI is InChI=1S/C7H14F2O/c1-2-3-4-5-6-7(8,9)10/h10H,2-6H2,1H3. The Morgan fingerprint density at radius 2 is 1.80 bits per heavy atom. The molecule has 0 heterocycles. The average molecular weight is 152 g/mol. The molecule has 0 aromatic rings. The van der Waals surface area contributed by atoms with Crippen LogP contribution < -0.4 is 0 Å². The van der Waals surface area contributed by atoms with E-state index >= 15 is 0 Å². The summed E-state index contributed by atoms with van der Waals surface area (Å²) in [4.78, 5) is 0. The SMILES string of the molecule is CCCCCCC(O)(F)F. The molecule has 0 unspecified atom stereocenters. The molecule has 3 heteroatoms.